The Kier molecular flexibility index (Phi) is 5.04. The lowest BCUT2D eigenvalue weighted by Gasteiger charge is -2.33. The smallest absolute Gasteiger partial charge is 0.0998 e. The lowest BCUT2D eigenvalue weighted by Crippen LogP contribution is -2.25. The van der Waals surface area contributed by atoms with Crippen LogP contribution >= 0.6 is 0 Å². The SMILES string of the molecule is C[C@H]1[C@H](C=Cc2ccc(-c3ccccc3C#N)cn2)c2ncccc2C[C@@H]1C. The van der Waals surface area contributed by atoms with Gasteiger partial charge in [-0.1, -0.05) is 50.3 Å². The van der Waals surface area contributed by atoms with Gasteiger partial charge in [0.15, 0.2) is 0 Å². The number of fused-ring (bicyclic) bond motifs is 1. The molecule has 3 nitrogen and oxygen atoms in total. The second-order valence-electron chi connectivity index (χ2n) is 7.60. The molecule has 4 rings (SSSR count). The number of pyridine rings is 2. The van der Waals surface area contributed by atoms with Crippen LogP contribution in [0.2, 0.25) is 0 Å². The molecule has 0 saturated heterocycles. The van der Waals surface area contributed by atoms with E-state index in [9.17, 15) is 5.26 Å². The van der Waals surface area contributed by atoms with Crippen LogP contribution in [-0.2, 0) is 6.42 Å². The number of hydrogen-bond donors (Lipinski definition) is 0. The van der Waals surface area contributed by atoms with Gasteiger partial charge in [-0.25, -0.2) is 0 Å². The zero-order chi connectivity index (χ0) is 19.5. The topological polar surface area (TPSA) is 49.6 Å². The lowest BCUT2D eigenvalue weighted by molar-refractivity contribution is 0.327. The molecule has 1 aliphatic rings. The van der Waals surface area contributed by atoms with Gasteiger partial charge in [0.2, 0.25) is 0 Å². The molecule has 0 bridgehead atoms. The minimum Gasteiger partial charge on any atom is -0.260 e. The highest BCUT2D eigenvalue weighted by Crippen LogP contribution is 2.39. The van der Waals surface area contributed by atoms with Crippen molar-refractivity contribution in [3.8, 4) is 17.2 Å². The predicted molar refractivity (Wildman–Crippen MR) is 112 cm³/mol. The van der Waals surface area contributed by atoms with Crippen LogP contribution in [0.4, 0.5) is 0 Å². The van der Waals surface area contributed by atoms with Crippen molar-refractivity contribution >= 4 is 6.08 Å². The number of hydrogen-bond acceptors (Lipinski definition) is 3. The number of aromatic nitrogens is 2. The van der Waals surface area contributed by atoms with Gasteiger partial charge in [-0.2, -0.15) is 5.26 Å². The Bertz CT molecular complexity index is 1040. The monoisotopic (exact) mass is 365 g/mol. The maximum atomic E-state index is 9.30. The number of benzene rings is 1. The molecule has 2 heterocycles. The van der Waals surface area contributed by atoms with Crippen molar-refractivity contribution in [3.63, 3.8) is 0 Å². The molecule has 138 valence electrons. The summed E-state index contributed by atoms with van der Waals surface area (Å²) in [4.78, 5) is 9.27. The third-order valence-electron chi connectivity index (χ3n) is 5.87. The van der Waals surface area contributed by atoms with E-state index < -0.39 is 0 Å². The highest BCUT2D eigenvalue weighted by Gasteiger charge is 2.30. The average molecular weight is 365 g/mol. The van der Waals surface area contributed by atoms with E-state index in [0.717, 1.165) is 23.2 Å². The van der Waals surface area contributed by atoms with Crippen molar-refractivity contribution in [1.82, 2.24) is 9.97 Å². The van der Waals surface area contributed by atoms with Gasteiger partial charge in [-0.05, 0) is 48.1 Å². The fourth-order valence-corrected chi connectivity index (χ4v) is 4.02. The van der Waals surface area contributed by atoms with Crippen LogP contribution < -0.4 is 0 Å². The van der Waals surface area contributed by atoms with Gasteiger partial charge >= 0.3 is 0 Å². The fourth-order valence-electron chi connectivity index (χ4n) is 4.02. The van der Waals surface area contributed by atoms with Gasteiger partial charge in [-0.15, -0.1) is 0 Å². The van der Waals surface area contributed by atoms with Crippen molar-refractivity contribution in [3.05, 3.63) is 89.5 Å². The maximum absolute atomic E-state index is 9.30. The highest BCUT2D eigenvalue weighted by atomic mass is 14.7. The second kappa shape index (κ2) is 7.78. The van der Waals surface area contributed by atoms with Crippen LogP contribution in [0.15, 0.2) is 67.0 Å². The molecule has 3 heteroatoms. The first-order chi connectivity index (χ1) is 13.7. The first kappa shape index (κ1) is 18.1. The summed E-state index contributed by atoms with van der Waals surface area (Å²) in [5, 5.41) is 9.30. The van der Waals surface area contributed by atoms with Gasteiger partial charge in [0, 0.05) is 29.4 Å². The summed E-state index contributed by atoms with van der Waals surface area (Å²) in [6, 6.07) is 18.1. The first-order valence-electron chi connectivity index (χ1n) is 9.75. The average Bonchev–Trinajstić information content (AvgIpc) is 2.74. The molecular formula is C25H23N3. The number of nitriles is 1. The second-order valence-corrected chi connectivity index (χ2v) is 7.60. The Morgan fingerprint density at radius 2 is 1.89 bits per heavy atom. The van der Waals surface area contributed by atoms with Crippen LogP contribution in [0.3, 0.4) is 0 Å². The van der Waals surface area contributed by atoms with Gasteiger partial charge in [0.05, 0.1) is 23.0 Å². The van der Waals surface area contributed by atoms with Crippen LogP contribution in [0.5, 0.6) is 0 Å². The molecule has 0 saturated carbocycles. The van der Waals surface area contributed by atoms with Crippen molar-refractivity contribution in [2.75, 3.05) is 0 Å². The number of rotatable bonds is 3. The highest BCUT2D eigenvalue weighted by molar-refractivity contribution is 5.70. The fraction of sp³-hybridized carbons (Fsp3) is 0.240. The first-order valence-corrected chi connectivity index (χ1v) is 9.75. The molecule has 28 heavy (non-hydrogen) atoms. The summed E-state index contributed by atoms with van der Waals surface area (Å²) in [7, 11) is 0. The van der Waals surface area contributed by atoms with E-state index >= 15 is 0 Å². The Morgan fingerprint density at radius 1 is 1.04 bits per heavy atom. The number of nitrogens with zero attached hydrogens (tertiary/aromatic N) is 3. The summed E-state index contributed by atoms with van der Waals surface area (Å²) < 4.78 is 0. The van der Waals surface area contributed by atoms with Crippen LogP contribution in [0, 0.1) is 23.2 Å². The summed E-state index contributed by atoms with van der Waals surface area (Å²) >= 11 is 0. The quantitative estimate of drug-likeness (QED) is 0.603. The molecule has 3 aromatic rings. The molecule has 1 aromatic carbocycles. The normalized spacial score (nSPS) is 21.2. The van der Waals surface area contributed by atoms with E-state index in [0.29, 0.717) is 23.3 Å². The Hall–Kier alpha value is -3.25. The number of allylic oxidation sites excluding steroid dienone is 1. The molecule has 1 aliphatic carbocycles. The standard InChI is InChI=1S/C25H23N3/c1-17-14-19-7-5-13-27-25(19)23(18(17)2)12-11-22-10-9-21(16-28-22)24-8-4-3-6-20(24)15-26/h3-13,16-18,23H,14H2,1-2H3/t17-,18+,23-/m0/s1. The van der Waals surface area contributed by atoms with Crippen molar-refractivity contribution < 1.29 is 0 Å². The van der Waals surface area contributed by atoms with Crippen LogP contribution in [-0.4, -0.2) is 9.97 Å². The Balaban J connectivity index is 1.60. The zero-order valence-corrected chi connectivity index (χ0v) is 16.2. The molecule has 0 N–H and O–H groups in total. The van der Waals surface area contributed by atoms with E-state index in [1.165, 1.54) is 11.3 Å². The Labute approximate surface area is 166 Å². The molecule has 0 aliphatic heterocycles. The van der Waals surface area contributed by atoms with E-state index in [4.69, 9.17) is 0 Å². The van der Waals surface area contributed by atoms with Crippen molar-refractivity contribution in [1.29, 1.82) is 5.26 Å². The zero-order valence-electron chi connectivity index (χ0n) is 16.2. The predicted octanol–water partition coefficient (Wildman–Crippen LogP) is 5.64. The summed E-state index contributed by atoms with van der Waals surface area (Å²) in [6.07, 6.45) is 9.17. The van der Waals surface area contributed by atoms with E-state index in [1.807, 2.05) is 54.9 Å². The summed E-state index contributed by atoms with van der Waals surface area (Å²) in [5.41, 5.74) is 6.02. The third-order valence-corrected chi connectivity index (χ3v) is 5.87. The van der Waals surface area contributed by atoms with Gasteiger partial charge < -0.3 is 0 Å². The van der Waals surface area contributed by atoms with Crippen molar-refractivity contribution in [2.24, 2.45) is 11.8 Å². The van der Waals surface area contributed by atoms with E-state index in [-0.39, 0.29) is 0 Å². The lowest BCUT2D eigenvalue weighted by atomic mass is 9.72. The van der Waals surface area contributed by atoms with Crippen LogP contribution in [0.1, 0.15) is 42.3 Å². The maximum Gasteiger partial charge on any atom is 0.0998 e. The molecule has 0 spiro atoms. The third kappa shape index (κ3) is 3.46. The van der Waals surface area contributed by atoms with E-state index in [2.05, 4.69) is 48.1 Å². The summed E-state index contributed by atoms with van der Waals surface area (Å²) in [5.74, 6) is 1.48. The molecule has 2 aromatic heterocycles. The van der Waals surface area contributed by atoms with Gasteiger partial charge in [0.25, 0.3) is 0 Å². The van der Waals surface area contributed by atoms with E-state index in [1.54, 1.807) is 0 Å². The van der Waals surface area contributed by atoms with Gasteiger partial charge in [0.1, 0.15) is 0 Å². The molecular weight excluding hydrogens is 342 g/mol. The summed E-state index contributed by atoms with van der Waals surface area (Å²) in [6.45, 7) is 4.63. The van der Waals surface area contributed by atoms with Crippen molar-refractivity contribution in [2.45, 2.75) is 26.2 Å². The molecule has 0 amide bonds. The molecule has 0 fully saturated rings. The Morgan fingerprint density at radius 3 is 2.68 bits per heavy atom. The van der Waals surface area contributed by atoms with Gasteiger partial charge in [-0.3, -0.25) is 9.97 Å². The minimum atomic E-state index is 0.306. The molecule has 3 atom stereocenters. The van der Waals surface area contributed by atoms with Crippen LogP contribution in [0.25, 0.3) is 17.2 Å². The molecule has 0 radical (unpaired) electrons. The molecule has 0 unspecified atom stereocenters. The minimum absolute atomic E-state index is 0.306. The largest absolute Gasteiger partial charge is 0.260 e.